The zero-order chi connectivity index (χ0) is 15.6. The van der Waals surface area contributed by atoms with Gasteiger partial charge in [-0.1, -0.05) is 23.4 Å². The Labute approximate surface area is 125 Å². The average molecular weight is 327 g/mol. The third-order valence-corrected chi connectivity index (χ3v) is 3.95. The monoisotopic (exact) mass is 327 g/mol. The number of oxime groups is 1. The number of thiocarbonyl (C=S) groups is 1. The minimum atomic E-state index is -4.23. The zero-order valence-electron chi connectivity index (χ0n) is 10.6. The molecule has 2 rings (SSSR count). The molecule has 0 radical (unpaired) electrons. The minimum Gasteiger partial charge on any atom is -0.297 e. The van der Waals surface area contributed by atoms with Gasteiger partial charge in [-0.05, 0) is 30.8 Å². The largest absolute Gasteiger partial charge is 0.358 e. The smallest absolute Gasteiger partial charge is 0.297 e. The lowest BCUT2D eigenvalue weighted by molar-refractivity contribution is -0.118. The predicted molar refractivity (Wildman–Crippen MR) is 75.8 cm³/mol. The summed E-state index contributed by atoms with van der Waals surface area (Å²) in [6.45, 7) is 1.57. The van der Waals surface area contributed by atoms with Crippen molar-refractivity contribution in [1.29, 1.82) is 0 Å². The van der Waals surface area contributed by atoms with Crippen molar-refractivity contribution in [2.24, 2.45) is 5.16 Å². The Bertz CT molecular complexity index is 748. The fourth-order valence-corrected chi connectivity index (χ4v) is 2.65. The Morgan fingerprint density at radius 2 is 1.71 bits per heavy atom. The van der Waals surface area contributed by atoms with Crippen LogP contribution in [0.3, 0.4) is 0 Å². The summed E-state index contributed by atoms with van der Waals surface area (Å²) in [5.41, 5.74) is -0.294. The van der Waals surface area contributed by atoms with Crippen molar-refractivity contribution in [3.63, 3.8) is 0 Å². The van der Waals surface area contributed by atoms with Crippen molar-refractivity contribution in [2.45, 2.75) is 11.8 Å². The van der Waals surface area contributed by atoms with E-state index in [-0.39, 0.29) is 10.0 Å². The van der Waals surface area contributed by atoms with Crippen LogP contribution in [0.25, 0.3) is 0 Å². The van der Waals surface area contributed by atoms with Crippen LogP contribution in [0.1, 0.15) is 5.56 Å². The van der Waals surface area contributed by atoms with Crippen LogP contribution in [0, 0.1) is 6.92 Å². The number of rotatable bonds is 3. The Morgan fingerprint density at radius 1 is 1.14 bits per heavy atom. The van der Waals surface area contributed by atoms with Crippen LogP contribution in [0.4, 0.5) is 0 Å². The number of carbonyl (C=O) groups is 2. The number of nitrogens with zero attached hydrogens (tertiary/aromatic N) is 1. The SMILES string of the molecule is Cc1ccccc1S(=O)(=O)ON=C1C(=O)NC(=S)NC1=O. The third kappa shape index (κ3) is 3.23. The molecule has 1 saturated heterocycles. The summed E-state index contributed by atoms with van der Waals surface area (Å²) in [4.78, 5) is 22.8. The van der Waals surface area contributed by atoms with E-state index in [9.17, 15) is 18.0 Å². The lowest BCUT2D eigenvalue weighted by Crippen LogP contribution is -2.56. The zero-order valence-corrected chi connectivity index (χ0v) is 12.2. The molecule has 110 valence electrons. The van der Waals surface area contributed by atoms with Gasteiger partial charge in [-0.25, -0.2) is 0 Å². The van der Waals surface area contributed by atoms with Crippen LogP contribution in [0.5, 0.6) is 0 Å². The number of carbonyl (C=O) groups excluding carboxylic acids is 2. The second-order valence-electron chi connectivity index (χ2n) is 3.97. The molecule has 1 aromatic rings. The van der Waals surface area contributed by atoms with Crippen LogP contribution in [0.15, 0.2) is 34.3 Å². The Balaban J connectivity index is 2.28. The molecule has 0 aliphatic carbocycles. The average Bonchev–Trinajstić information content (AvgIpc) is 2.37. The Morgan fingerprint density at radius 3 is 2.29 bits per heavy atom. The Hall–Kier alpha value is -2.33. The molecule has 0 atom stereocenters. The molecule has 10 heteroatoms. The maximum Gasteiger partial charge on any atom is 0.358 e. The van der Waals surface area contributed by atoms with E-state index in [1.165, 1.54) is 12.1 Å². The van der Waals surface area contributed by atoms with E-state index >= 15 is 0 Å². The first-order valence-electron chi connectivity index (χ1n) is 5.55. The maximum atomic E-state index is 12.0. The van der Waals surface area contributed by atoms with Crippen molar-refractivity contribution in [2.75, 3.05) is 0 Å². The summed E-state index contributed by atoms with van der Waals surface area (Å²) in [5.74, 6) is -1.88. The molecular formula is C11H9N3O5S2. The minimum absolute atomic E-state index is 0.110. The van der Waals surface area contributed by atoms with E-state index in [0.717, 1.165) is 0 Å². The molecule has 0 unspecified atom stereocenters. The van der Waals surface area contributed by atoms with Gasteiger partial charge in [0.15, 0.2) is 5.11 Å². The summed E-state index contributed by atoms with van der Waals surface area (Å²) in [6, 6.07) is 6.06. The van der Waals surface area contributed by atoms with Crippen LogP contribution in [-0.4, -0.2) is 31.1 Å². The molecular weight excluding hydrogens is 318 g/mol. The van der Waals surface area contributed by atoms with Gasteiger partial charge in [0.2, 0.25) is 5.71 Å². The molecule has 0 bridgehead atoms. The summed E-state index contributed by atoms with van der Waals surface area (Å²) < 4.78 is 28.3. The van der Waals surface area contributed by atoms with E-state index in [4.69, 9.17) is 0 Å². The molecule has 0 spiro atoms. The van der Waals surface area contributed by atoms with E-state index in [0.29, 0.717) is 5.56 Å². The van der Waals surface area contributed by atoms with E-state index in [1.54, 1.807) is 19.1 Å². The number of hydrogen-bond acceptors (Lipinski definition) is 7. The molecule has 21 heavy (non-hydrogen) atoms. The van der Waals surface area contributed by atoms with Gasteiger partial charge >= 0.3 is 10.1 Å². The van der Waals surface area contributed by atoms with Gasteiger partial charge < -0.3 is 0 Å². The Kier molecular flexibility index (Phi) is 4.00. The first kappa shape index (κ1) is 15.1. The molecule has 1 aromatic carbocycles. The van der Waals surface area contributed by atoms with Crippen LogP contribution < -0.4 is 10.6 Å². The van der Waals surface area contributed by atoms with Crippen LogP contribution in [-0.2, 0) is 24.0 Å². The number of aryl methyl sites for hydroxylation is 1. The quantitative estimate of drug-likeness (QED) is 0.576. The summed E-state index contributed by atoms with van der Waals surface area (Å²) in [6.07, 6.45) is 0. The number of hydrogen-bond donors (Lipinski definition) is 2. The second kappa shape index (κ2) is 5.58. The van der Waals surface area contributed by atoms with Crippen molar-refractivity contribution >= 4 is 45.0 Å². The van der Waals surface area contributed by atoms with Crippen molar-refractivity contribution in [3.8, 4) is 0 Å². The van der Waals surface area contributed by atoms with Gasteiger partial charge in [-0.15, -0.1) is 0 Å². The van der Waals surface area contributed by atoms with Crippen molar-refractivity contribution in [3.05, 3.63) is 29.8 Å². The predicted octanol–water partition coefficient (Wildman–Crippen LogP) is -0.413. The highest BCUT2D eigenvalue weighted by atomic mass is 32.2. The van der Waals surface area contributed by atoms with Crippen LogP contribution >= 0.6 is 12.2 Å². The van der Waals surface area contributed by atoms with E-state index in [2.05, 4.69) is 32.3 Å². The number of benzene rings is 1. The summed E-state index contributed by atoms with van der Waals surface area (Å²) >= 11 is 4.59. The molecule has 2 amide bonds. The topological polar surface area (TPSA) is 114 Å². The van der Waals surface area contributed by atoms with Gasteiger partial charge in [0.1, 0.15) is 4.90 Å². The van der Waals surface area contributed by atoms with Gasteiger partial charge in [-0.2, -0.15) is 8.42 Å². The van der Waals surface area contributed by atoms with E-state index < -0.39 is 27.6 Å². The number of amides is 2. The van der Waals surface area contributed by atoms with Gasteiger partial charge in [-0.3, -0.25) is 24.5 Å². The summed E-state index contributed by atoms with van der Waals surface area (Å²) in [7, 11) is -4.23. The van der Waals surface area contributed by atoms with Crippen molar-refractivity contribution in [1.82, 2.24) is 10.6 Å². The first-order chi connectivity index (χ1) is 9.81. The molecule has 0 saturated carbocycles. The normalized spacial score (nSPS) is 15.3. The molecule has 1 fully saturated rings. The van der Waals surface area contributed by atoms with Gasteiger partial charge in [0.25, 0.3) is 11.8 Å². The highest BCUT2D eigenvalue weighted by Crippen LogP contribution is 2.17. The fourth-order valence-electron chi connectivity index (χ4n) is 1.51. The lowest BCUT2D eigenvalue weighted by atomic mass is 10.2. The maximum absolute atomic E-state index is 12.0. The standard InChI is InChI=1S/C11H9N3O5S2/c1-6-4-2-3-5-7(6)21(17,18)19-14-8-9(15)12-11(20)13-10(8)16/h2-5H,1H3,(H2,12,13,15,16,20). The lowest BCUT2D eigenvalue weighted by Gasteiger charge is -2.14. The highest BCUT2D eigenvalue weighted by molar-refractivity contribution is 7.86. The fraction of sp³-hybridized carbons (Fsp3) is 0.0909. The van der Waals surface area contributed by atoms with Crippen LogP contribution in [0.2, 0.25) is 0 Å². The molecule has 0 aromatic heterocycles. The molecule has 1 aliphatic heterocycles. The number of nitrogens with one attached hydrogen (secondary N) is 2. The summed E-state index contributed by atoms with van der Waals surface area (Å²) in [5, 5.41) is 7.13. The van der Waals surface area contributed by atoms with Gasteiger partial charge in [0, 0.05) is 0 Å². The van der Waals surface area contributed by atoms with Crippen molar-refractivity contribution < 1.29 is 22.3 Å². The van der Waals surface area contributed by atoms with Gasteiger partial charge in [0.05, 0.1) is 0 Å². The molecule has 1 aliphatic rings. The third-order valence-electron chi connectivity index (χ3n) is 2.47. The molecule has 1 heterocycles. The molecule has 8 nitrogen and oxygen atoms in total. The first-order valence-corrected chi connectivity index (χ1v) is 7.37. The van der Waals surface area contributed by atoms with E-state index in [1.807, 2.05) is 0 Å². The molecule has 2 N–H and O–H groups in total. The second-order valence-corrected chi connectivity index (χ2v) is 5.88. The highest BCUT2D eigenvalue weighted by Gasteiger charge is 2.30.